The van der Waals surface area contributed by atoms with Gasteiger partial charge in [-0.15, -0.1) is 0 Å². The Balaban J connectivity index is 1.65. The predicted octanol–water partition coefficient (Wildman–Crippen LogP) is 7.71. The van der Waals surface area contributed by atoms with Gasteiger partial charge in [0.05, 0.1) is 16.9 Å². The molecule has 34 heavy (non-hydrogen) atoms. The van der Waals surface area contributed by atoms with Crippen molar-refractivity contribution in [3.05, 3.63) is 83.6 Å². The molecule has 1 aliphatic carbocycles. The summed E-state index contributed by atoms with van der Waals surface area (Å²) in [7, 11) is 2.19. The van der Waals surface area contributed by atoms with E-state index in [1.54, 1.807) is 0 Å². The zero-order valence-electron chi connectivity index (χ0n) is 21.3. The lowest BCUT2D eigenvalue weighted by molar-refractivity contribution is 0.299. The third-order valence-corrected chi connectivity index (χ3v) is 8.99. The second-order valence-corrected chi connectivity index (χ2v) is 11.1. The van der Waals surface area contributed by atoms with Crippen LogP contribution in [0.25, 0.3) is 22.0 Å². The van der Waals surface area contributed by atoms with Crippen molar-refractivity contribution in [2.24, 2.45) is 0 Å². The van der Waals surface area contributed by atoms with Crippen LogP contribution in [0.5, 0.6) is 0 Å². The topological polar surface area (TPSA) is 19.4 Å². The number of aryl methyl sites for hydroxylation is 1. The average Bonchev–Trinajstić information content (AvgIpc) is 3.07. The van der Waals surface area contributed by atoms with Crippen molar-refractivity contribution in [1.82, 2.24) is 4.98 Å². The minimum absolute atomic E-state index is 0.0128. The number of hydrogen-bond donors (Lipinski definition) is 0. The number of anilines is 3. The molecular formula is C31H33N3. The van der Waals surface area contributed by atoms with Crippen molar-refractivity contribution in [3.8, 4) is 11.1 Å². The van der Waals surface area contributed by atoms with Crippen LogP contribution in [0, 0.1) is 6.92 Å². The third-order valence-electron chi connectivity index (χ3n) is 8.99. The molecule has 0 amide bonds. The van der Waals surface area contributed by atoms with Gasteiger partial charge in [-0.3, -0.25) is 4.98 Å². The van der Waals surface area contributed by atoms with Crippen LogP contribution in [-0.4, -0.2) is 18.2 Å². The molecule has 1 aliphatic heterocycles. The summed E-state index contributed by atoms with van der Waals surface area (Å²) in [6.45, 7) is 14.2. The highest BCUT2D eigenvalue weighted by Crippen LogP contribution is 2.56. The Morgan fingerprint density at radius 2 is 1.41 bits per heavy atom. The summed E-state index contributed by atoms with van der Waals surface area (Å²) in [4.78, 5) is 9.56. The lowest BCUT2D eigenvalue weighted by Crippen LogP contribution is -2.43. The van der Waals surface area contributed by atoms with E-state index < -0.39 is 0 Å². The van der Waals surface area contributed by atoms with Crippen LogP contribution in [0.2, 0.25) is 0 Å². The van der Waals surface area contributed by atoms with E-state index in [4.69, 9.17) is 4.98 Å². The normalized spacial score (nSPS) is 19.7. The SMILES string of the molecule is Cc1cc2c(cc1N1c3ccccc3N(C)[C@@H]1C)-c1cc3ncccc3cc1C(C)(C)C2(C)C. The van der Waals surface area contributed by atoms with Crippen LogP contribution >= 0.6 is 0 Å². The largest absolute Gasteiger partial charge is 0.353 e. The summed E-state index contributed by atoms with van der Waals surface area (Å²) in [5, 5.41) is 1.21. The van der Waals surface area contributed by atoms with Crippen molar-refractivity contribution >= 4 is 28.0 Å². The molecule has 1 aromatic heterocycles. The van der Waals surface area contributed by atoms with E-state index in [1.807, 2.05) is 12.3 Å². The zero-order chi connectivity index (χ0) is 24.0. The molecule has 0 saturated carbocycles. The first-order valence-corrected chi connectivity index (χ1v) is 12.3. The first kappa shape index (κ1) is 21.2. The number of fused-ring (bicyclic) bond motifs is 5. The molecule has 0 bridgehead atoms. The van der Waals surface area contributed by atoms with Crippen LogP contribution in [0.15, 0.2) is 66.9 Å². The number of pyridine rings is 1. The number of nitrogens with zero attached hydrogens (tertiary/aromatic N) is 3. The van der Waals surface area contributed by atoms with Crippen molar-refractivity contribution in [2.75, 3.05) is 16.8 Å². The molecular weight excluding hydrogens is 414 g/mol. The number of rotatable bonds is 1. The van der Waals surface area contributed by atoms with Gasteiger partial charge < -0.3 is 9.80 Å². The second-order valence-electron chi connectivity index (χ2n) is 11.1. The van der Waals surface area contributed by atoms with Gasteiger partial charge in [0.25, 0.3) is 0 Å². The molecule has 0 spiro atoms. The standard InChI is InChI=1S/C31H33N3/c1-19-15-24-23(18-29(19)34-20(2)33(7)27-12-8-9-13-28(27)34)22-17-26-21(11-10-14-32-26)16-25(22)31(5,6)30(24,3)4/h8-18,20H,1-7H3/t20-/m0/s1. The molecule has 3 aromatic carbocycles. The van der Waals surface area contributed by atoms with E-state index in [0.717, 1.165) is 5.52 Å². The molecule has 0 radical (unpaired) electrons. The monoisotopic (exact) mass is 447 g/mol. The molecule has 3 nitrogen and oxygen atoms in total. The number of para-hydroxylation sites is 2. The van der Waals surface area contributed by atoms with Gasteiger partial charge in [-0.05, 0) is 88.9 Å². The number of benzene rings is 3. The Hall–Kier alpha value is -3.33. The average molecular weight is 448 g/mol. The van der Waals surface area contributed by atoms with Gasteiger partial charge in [0, 0.05) is 24.3 Å². The first-order chi connectivity index (χ1) is 16.1. The zero-order valence-corrected chi connectivity index (χ0v) is 21.3. The van der Waals surface area contributed by atoms with Crippen molar-refractivity contribution in [2.45, 2.75) is 58.5 Å². The van der Waals surface area contributed by atoms with Gasteiger partial charge in [-0.1, -0.05) is 52.0 Å². The van der Waals surface area contributed by atoms with Crippen LogP contribution in [0.4, 0.5) is 17.1 Å². The smallest absolute Gasteiger partial charge is 0.103 e. The lowest BCUT2D eigenvalue weighted by atomic mass is 9.55. The maximum atomic E-state index is 4.70. The van der Waals surface area contributed by atoms with Gasteiger partial charge >= 0.3 is 0 Å². The second kappa shape index (κ2) is 6.85. The van der Waals surface area contributed by atoms with Gasteiger partial charge in [0.2, 0.25) is 0 Å². The molecule has 2 aliphatic rings. The quantitative estimate of drug-likeness (QED) is 0.298. The van der Waals surface area contributed by atoms with E-state index in [9.17, 15) is 0 Å². The highest BCUT2D eigenvalue weighted by Gasteiger charge is 2.46. The van der Waals surface area contributed by atoms with E-state index >= 15 is 0 Å². The number of aromatic nitrogens is 1. The fraction of sp³-hybridized carbons (Fsp3) is 0.323. The fourth-order valence-electron chi connectivity index (χ4n) is 6.10. The van der Waals surface area contributed by atoms with Crippen molar-refractivity contribution in [1.29, 1.82) is 0 Å². The fourth-order valence-corrected chi connectivity index (χ4v) is 6.10. The molecule has 0 saturated heterocycles. The van der Waals surface area contributed by atoms with E-state index in [-0.39, 0.29) is 17.0 Å². The molecule has 2 heterocycles. The molecule has 4 aromatic rings. The van der Waals surface area contributed by atoms with Gasteiger partial charge in [-0.25, -0.2) is 0 Å². The summed E-state index contributed by atoms with van der Waals surface area (Å²) in [5.74, 6) is 0. The van der Waals surface area contributed by atoms with E-state index in [2.05, 4.69) is 113 Å². The molecule has 0 unspecified atom stereocenters. The Labute approximate surface area is 203 Å². The highest BCUT2D eigenvalue weighted by molar-refractivity contribution is 5.92. The minimum atomic E-state index is -0.0141. The third kappa shape index (κ3) is 2.61. The predicted molar refractivity (Wildman–Crippen MR) is 144 cm³/mol. The molecule has 0 fully saturated rings. The first-order valence-electron chi connectivity index (χ1n) is 12.3. The van der Waals surface area contributed by atoms with Gasteiger partial charge in [0.15, 0.2) is 0 Å². The highest BCUT2D eigenvalue weighted by atomic mass is 15.4. The Kier molecular flexibility index (Phi) is 4.27. The summed E-state index contributed by atoms with van der Waals surface area (Å²) in [5.41, 5.74) is 11.7. The van der Waals surface area contributed by atoms with Gasteiger partial charge in [0.1, 0.15) is 6.17 Å². The minimum Gasteiger partial charge on any atom is -0.353 e. The summed E-state index contributed by atoms with van der Waals surface area (Å²) in [6.07, 6.45) is 2.15. The lowest BCUT2D eigenvalue weighted by Gasteiger charge is -2.49. The Morgan fingerprint density at radius 3 is 2.15 bits per heavy atom. The Morgan fingerprint density at radius 1 is 0.765 bits per heavy atom. The molecule has 0 N–H and O–H groups in total. The maximum Gasteiger partial charge on any atom is 0.103 e. The molecule has 3 heteroatoms. The van der Waals surface area contributed by atoms with Crippen LogP contribution in [0.1, 0.15) is 51.3 Å². The van der Waals surface area contributed by atoms with Gasteiger partial charge in [-0.2, -0.15) is 0 Å². The van der Waals surface area contributed by atoms with Crippen LogP contribution < -0.4 is 9.80 Å². The van der Waals surface area contributed by atoms with Crippen molar-refractivity contribution < 1.29 is 0 Å². The van der Waals surface area contributed by atoms with Crippen LogP contribution in [-0.2, 0) is 10.8 Å². The van der Waals surface area contributed by atoms with E-state index in [1.165, 1.54) is 50.3 Å². The molecule has 6 rings (SSSR count). The molecule has 172 valence electrons. The number of hydrogen-bond acceptors (Lipinski definition) is 3. The van der Waals surface area contributed by atoms with Crippen molar-refractivity contribution in [3.63, 3.8) is 0 Å². The summed E-state index contributed by atoms with van der Waals surface area (Å²) >= 11 is 0. The maximum absolute atomic E-state index is 4.70. The summed E-state index contributed by atoms with van der Waals surface area (Å²) in [6, 6.07) is 22.5. The summed E-state index contributed by atoms with van der Waals surface area (Å²) < 4.78 is 0. The van der Waals surface area contributed by atoms with Crippen LogP contribution in [0.3, 0.4) is 0 Å². The molecule has 1 atom stereocenters. The Bertz CT molecular complexity index is 1460. The van der Waals surface area contributed by atoms with E-state index in [0.29, 0.717) is 0 Å².